The van der Waals surface area contributed by atoms with Crippen LogP contribution >= 0.6 is 11.6 Å². The molecule has 0 aliphatic heterocycles. The summed E-state index contributed by atoms with van der Waals surface area (Å²) < 4.78 is 1.69. The average molecular weight is 145 g/mol. The van der Waals surface area contributed by atoms with Gasteiger partial charge in [-0.2, -0.15) is 0 Å². The van der Waals surface area contributed by atoms with Gasteiger partial charge in [-0.15, -0.1) is 0 Å². The maximum absolute atomic E-state index is 8.89. The lowest BCUT2D eigenvalue weighted by atomic mass is 10.4. The molecule has 0 atom stereocenters. The van der Waals surface area contributed by atoms with Crippen molar-refractivity contribution < 1.29 is 9.67 Å². The summed E-state index contributed by atoms with van der Waals surface area (Å²) in [5.74, 6) is 0.185. The summed E-state index contributed by atoms with van der Waals surface area (Å²) in [6.07, 6.45) is 3.28. The Morgan fingerprint density at radius 1 is 1.56 bits per heavy atom. The predicted molar refractivity (Wildman–Crippen MR) is 34.3 cm³/mol. The van der Waals surface area contributed by atoms with E-state index < -0.39 is 0 Å². The summed E-state index contributed by atoms with van der Waals surface area (Å²) in [5.41, 5.74) is 0. The van der Waals surface area contributed by atoms with E-state index in [4.69, 9.17) is 16.7 Å². The van der Waals surface area contributed by atoms with E-state index in [1.807, 2.05) is 0 Å². The summed E-state index contributed by atoms with van der Waals surface area (Å²) in [6, 6.07) is 1.49. The molecular formula is C6H7ClNO+. The highest BCUT2D eigenvalue weighted by atomic mass is 35.5. The number of rotatable bonds is 0. The van der Waals surface area contributed by atoms with Crippen LogP contribution in [-0.4, -0.2) is 5.11 Å². The average Bonchev–Trinajstić information content (AvgIpc) is 1.59. The van der Waals surface area contributed by atoms with E-state index in [9.17, 15) is 0 Å². The number of nitrogens with zero attached hydrogens (tertiary/aromatic N) is 1. The number of hydrogen-bond acceptors (Lipinski definition) is 1. The van der Waals surface area contributed by atoms with Crippen LogP contribution in [0.15, 0.2) is 18.5 Å². The van der Waals surface area contributed by atoms with E-state index in [0.717, 1.165) is 0 Å². The molecule has 1 aromatic heterocycles. The first-order valence-corrected chi connectivity index (χ1v) is 2.91. The zero-order valence-corrected chi connectivity index (χ0v) is 5.76. The third kappa shape index (κ3) is 1.57. The number of pyridine rings is 1. The number of aryl methyl sites for hydroxylation is 1. The van der Waals surface area contributed by atoms with Crippen LogP contribution in [-0.2, 0) is 7.05 Å². The first-order chi connectivity index (χ1) is 4.18. The van der Waals surface area contributed by atoms with Gasteiger partial charge in [-0.3, -0.25) is 0 Å². The molecule has 0 saturated carbocycles. The predicted octanol–water partition coefficient (Wildman–Crippen LogP) is 0.870. The van der Waals surface area contributed by atoms with Crippen LogP contribution in [0.1, 0.15) is 0 Å². The van der Waals surface area contributed by atoms with Crippen molar-refractivity contribution in [3.63, 3.8) is 0 Å². The Morgan fingerprint density at radius 2 is 2.22 bits per heavy atom. The fourth-order valence-electron chi connectivity index (χ4n) is 0.656. The summed E-state index contributed by atoms with van der Waals surface area (Å²) in [4.78, 5) is 0. The monoisotopic (exact) mass is 144 g/mol. The molecule has 9 heavy (non-hydrogen) atoms. The second-order valence-corrected chi connectivity index (χ2v) is 2.31. The van der Waals surface area contributed by atoms with Crippen molar-refractivity contribution in [3.8, 4) is 5.75 Å². The normalized spacial score (nSPS) is 9.56. The number of aromatic hydroxyl groups is 1. The number of halogens is 1. The fraction of sp³-hybridized carbons (Fsp3) is 0.167. The highest BCUT2D eigenvalue weighted by molar-refractivity contribution is 6.30. The van der Waals surface area contributed by atoms with Crippen molar-refractivity contribution in [2.45, 2.75) is 0 Å². The third-order valence-electron chi connectivity index (χ3n) is 0.949. The summed E-state index contributed by atoms with van der Waals surface area (Å²) in [7, 11) is 1.80. The minimum absolute atomic E-state index is 0.185. The van der Waals surface area contributed by atoms with Gasteiger partial charge in [-0.1, -0.05) is 11.6 Å². The van der Waals surface area contributed by atoms with Gasteiger partial charge in [0.1, 0.15) is 12.1 Å². The minimum atomic E-state index is 0.185. The molecule has 1 heterocycles. The molecule has 0 unspecified atom stereocenters. The molecule has 0 fully saturated rings. The topological polar surface area (TPSA) is 24.1 Å². The summed E-state index contributed by atoms with van der Waals surface area (Å²) >= 11 is 5.57. The molecule has 1 N–H and O–H groups in total. The quantitative estimate of drug-likeness (QED) is 0.537. The van der Waals surface area contributed by atoms with Crippen molar-refractivity contribution in [3.05, 3.63) is 23.5 Å². The maximum Gasteiger partial charge on any atom is 0.210 e. The smallest absolute Gasteiger partial charge is 0.210 e. The standard InChI is InChI=1S/C6H6ClNO/c1-8-3-5(7)2-6(9)4-8/h2-4H,1H3/p+1. The van der Waals surface area contributed by atoms with Crippen molar-refractivity contribution in [2.75, 3.05) is 0 Å². The Morgan fingerprint density at radius 3 is 2.67 bits per heavy atom. The summed E-state index contributed by atoms with van der Waals surface area (Å²) in [5, 5.41) is 9.43. The lowest BCUT2D eigenvalue weighted by Gasteiger charge is -1.89. The molecular weight excluding hydrogens is 138 g/mol. The number of hydrogen-bond donors (Lipinski definition) is 1. The highest BCUT2D eigenvalue weighted by Gasteiger charge is 1.98. The summed E-state index contributed by atoms with van der Waals surface area (Å²) in [6.45, 7) is 0. The second kappa shape index (κ2) is 2.23. The third-order valence-corrected chi connectivity index (χ3v) is 1.16. The van der Waals surface area contributed by atoms with Gasteiger partial charge in [-0.25, -0.2) is 4.57 Å². The zero-order chi connectivity index (χ0) is 6.85. The van der Waals surface area contributed by atoms with Gasteiger partial charge in [-0.05, 0) is 0 Å². The maximum atomic E-state index is 8.89. The molecule has 2 nitrogen and oxygen atoms in total. The van der Waals surface area contributed by atoms with Crippen molar-refractivity contribution in [2.24, 2.45) is 7.05 Å². The lowest BCUT2D eigenvalue weighted by molar-refractivity contribution is -0.671. The van der Waals surface area contributed by atoms with Crippen LogP contribution in [0.4, 0.5) is 0 Å². The van der Waals surface area contributed by atoms with Crippen molar-refractivity contribution in [1.29, 1.82) is 0 Å². The molecule has 0 saturated heterocycles. The molecule has 0 radical (unpaired) electrons. The first-order valence-electron chi connectivity index (χ1n) is 2.53. The van der Waals surface area contributed by atoms with Gasteiger partial charge < -0.3 is 5.11 Å². The minimum Gasteiger partial charge on any atom is -0.503 e. The van der Waals surface area contributed by atoms with Crippen LogP contribution < -0.4 is 4.57 Å². The van der Waals surface area contributed by atoms with E-state index in [1.54, 1.807) is 24.0 Å². The van der Waals surface area contributed by atoms with Gasteiger partial charge >= 0.3 is 0 Å². The van der Waals surface area contributed by atoms with Gasteiger partial charge in [0, 0.05) is 6.07 Å². The number of aromatic nitrogens is 1. The largest absolute Gasteiger partial charge is 0.503 e. The van der Waals surface area contributed by atoms with E-state index in [0.29, 0.717) is 5.02 Å². The van der Waals surface area contributed by atoms with Gasteiger partial charge in [0.25, 0.3) is 0 Å². The highest BCUT2D eigenvalue weighted by Crippen LogP contribution is 2.10. The van der Waals surface area contributed by atoms with Crippen LogP contribution in [0.5, 0.6) is 5.75 Å². The van der Waals surface area contributed by atoms with Crippen LogP contribution in [0.25, 0.3) is 0 Å². The second-order valence-electron chi connectivity index (χ2n) is 1.88. The van der Waals surface area contributed by atoms with Crippen molar-refractivity contribution in [1.82, 2.24) is 0 Å². The lowest BCUT2D eigenvalue weighted by Crippen LogP contribution is -2.25. The first kappa shape index (κ1) is 6.36. The molecule has 0 spiro atoms. The van der Waals surface area contributed by atoms with Crippen molar-refractivity contribution >= 4 is 11.6 Å². The molecule has 0 aliphatic rings. The SMILES string of the molecule is C[n+]1cc(O)cc(Cl)c1. The molecule has 3 heteroatoms. The molecule has 0 aromatic carbocycles. The van der Waals surface area contributed by atoms with E-state index >= 15 is 0 Å². The Balaban J connectivity index is 3.17. The molecule has 0 aliphatic carbocycles. The van der Waals surface area contributed by atoms with E-state index in [-0.39, 0.29) is 5.75 Å². The van der Waals surface area contributed by atoms with Crippen LogP contribution in [0.2, 0.25) is 5.02 Å². The Bertz CT molecular complexity index is 174. The van der Waals surface area contributed by atoms with E-state index in [1.165, 1.54) is 6.07 Å². The fourth-order valence-corrected chi connectivity index (χ4v) is 0.922. The Kier molecular flexibility index (Phi) is 1.58. The van der Waals surface area contributed by atoms with Crippen LogP contribution in [0.3, 0.4) is 0 Å². The molecule has 0 amide bonds. The molecule has 1 rings (SSSR count). The zero-order valence-electron chi connectivity index (χ0n) is 5.00. The van der Waals surface area contributed by atoms with E-state index in [2.05, 4.69) is 0 Å². The Labute approximate surface area is 58.3 Å². The van der Waals surface area contributed by atoms with Crippen LogP contribution in [0, 0.1) is 0 Å². The van der Waals surface area contributed by atoms with Gasteiger partial charge in [0.15, 0.2) is 11.9 Å². The van der Waals surface area contributed by atoms with Gasteiger partial charge in [0.05, 0.1) is 0 Å². The Hall–Kier alpha value is -0.760. The molecule has 1 aromatic rings. The molecule has 0 bridgehead atoms. The molecule has 48 valence electrons. The van der Waals surface area contributed by atoms with Gasteiger partial charge in [0.2, 0.25) is 6.20 Å².